The van der Waals surface area contributed by atoms with Gasteiger partial charge in [0, 0.05) is 5.69 Å². The Labute approximate surface area is 180 Å². The average molecular weight is 449 g/mol. The number of halogens is 3. The highest BCUT2D eigenvalue weighted by atomic mass is 32.2. The van der Waals surface area contributed by atoms with Crippen molar-refractivity contribution in [2.45, 2.75) is 37.3 Å². The second kappa shape index (κ2) is 9.43. The van der Waals surface area contributed by atoms with E-state index in [0.29, 0.717) is 11.8 Å². The third-order valence-electron chi connectivity index (χ3n) is 4.69. The van der Waals surface area contributed by atoms with Crippen LogP contribution in [0.3, 0.4) is 0 Å². The summed E-state index contributed by atoms with van der Waals surface area (Å²) in [4.78, 5) is -0.461. The van der Waals surface area contributed by atoms with Gasteiger partial charge in [-0.15, -0.1) is 0 Å². The number of hydrogen-bond donors (Lipinski definition) is 2. The van der Waals surface area contributed by atoms with Crippen LogP contribution in [-0.2, 0) is 22.6 Å². The number of rotatable bonds is 8. The van der Waals surface area contributed by atoms with Crippen LogP contribution in [0.15, 0.2) is 77.7 Å². The molecule has 3 rings (SSSR count). The predicted molar refractivity (Wildman–Crippen MR) is 117 cm³/mol. The van der Waals surface area contributed by atoms with Gasteiger partial charge in [-0.1, -0.05) is 43.7 Å². The molecule has 31 heavy (non-hydrogen) atoms. The van der Waals surface area contributed by atoms with Gasteiger partial charge in [-0.2, -0.15) is 13.2 Å². The van der Waals surface area contributed by atoms with E-state index in [1.165, 1.54) is 5.56 Å². The minimum absolute atomic E-state index is 0.231. The lowest BCUT2D eigenvalue weighted by molar-refractivity contribution is -0.137. The van der Waals surface area contributed by atoms with Crippen molar-refractivity contribution in [1.29, 1.82) is 0 Å². The predicted octanol–water partition coefficient (Wildman–Crippen LogP) is 6.59. The molecular weight excluding hydrogens is 425 g/mol. The first-order valence-electron chi connectivity index (χ1n) is 9.84. The van der Waals surface area contributed by atoms with Crippen molar-refractivity contribution in [3.05, 3.63) is 83.9 Å². The van der Waals surface area contributed by atoms with Crippen molar-refractivity contribution in [3.8, 4) is 0 Å². The van der Waals surface area contributed by atoms with Crippen LogP contribution in [0.2, 0.25) is 0 Å². The summed E-state index contributed by atoms with van der Waals surface area (Å²) in [5.41, 5.74) is 1.68. The number of nitrogens with one attached hydrogen (secondary N) is 2. The van der Waals surface area contributed by atoms with Crippen molar-refractivity contribution in [2.75, 3.05) is 10.0 Å². The van der Waals surface area contributed by atoms with E-state index in [9.17, 15) is 21.6 Å². The van der Waals surface area contributed by atoms with Crippen LogP contribution in [-0.4, -0.2) is 8.42 Å². The maximum absolute atomic E-state index is 13.0. The number of para-hydroxylation sites is 2. The largest absolute Gasteiger partial charge is 0.416 e. The van der Waals surface area contributed by atoms with E-state index < -0.39 is 26.7 Å². The van der Waals surface area contributed by atoms with Crippen LogP contribution >= 0.6 is 0 Å². The van der Waals surface area contributed by atoms with Gasteiger partial charge < -0.3 is 5.32 Å². The number of unbranched alkanes of at least 4 members (excludes halogenated alkanes) is 1. The molecule has 0 atom stereocenters. The van der Waals surface area contributed by atoms with Crippen LogP contribution in [0.1, 0.15) is 30.9 Å². The van der Waals surface area contributed by atoms with Gasteiger partial charge in [0.2, 0.25) is 0 Å². The molecule has 0 amide bonds. The van der Waals surface area contributed by atoms with Gasteiger partial charge in [-0.05, 0) is 60.9 Å². The summed E-state index contributed by atoms with van der Waals surface area (Å²) in [6, 6.07) is 18.1. The maximum atomic E-state index is 13.0. The molecule has 0 fully saturated rings. The van der Waals surface area contributed by atoms with Gasteiger partial charge in [0.15, 0.2) is 0 Å². The van der Waals surface area contributed by atoms with Gasteiger partial charge in [-0.3, -0.25) is 4.72 Å². The quantitative estimate of drug-likeness (QED) is 0.409. The lowest BCUT2D eigenvalue weighted by Gasteiger charge is -2.15. The highest BCUT2D eigenvalue weighted by Gasteiger charge is 2.31. The minimum Gasteiger partial charge on any atom is -0.354 e. The first-order chi connectivity index (χ1) is 14.7. The van der Waals surface area contributed by atoms with E-state index in [2.05, 4.69) is 17.0 Å². The van der Waals surface area contributed by atoms with Gasteiger partial charge in [-0.25, -0.2) is 8.42 Å². The van der Waals surface area contributed by atoms with E-state index in [0.717, 1.165) is 43.1 Å². The zero-order valence-electron chi connectivity index (χ0n) is 16.9. The number of sulfonamides is 1. The average Bonchev–Trinajstić information content (AvgIpc) is 2.74. The summed E-state index contributed by atoms with van der Waals surface area (Å²) in [5.74, 6) is 0. The molecule has 0 saturated heterocycles. The van der Waals surface area contributed by atoms with Crippen molar-refractivity contribution >= 4 is 27.1 Å². The Morgan fingerprint density at radius 3 is 2.19 bits per heavy atom. The molecule has 0 spiro atoms. The second-order valence-electron chi connectivity index (χ2n) is 7.10. The molecule has 4 nitrogen and oxygen atoms in total. The normalized spacial score (nSPS) is 11.9. The van der Waals surface area contributed by atoms with Crippen molar-refractivity contribution < 1.29 is 21.6 Å². The Morgan fingerprint density at radius 2 is 1.55 bits per heavy atom. The van der Waals surface area contributed by atoms with E-state index >= 15 is 0 Å². The van der Waals surface area contributed by atoms with Crippen LogP contribution < -0.4 is 10.0 Å². The first-order valence-corrected chi connectivity index (χ1v) is 11.3. The molecule has 0 bridgehead atoms. The molecule has 0 saturated carbocycles. The number of anilines is 3. The molecule has 2 N–H and O–H groups in total. The first kappa shape index (κ1) is 22.7. The van der Waals surface area contributed by atoms with Crippen LogP contribution in [0.25, 0.3) is 0 Å². The topological polar surface area (TPSA) is 58.2 Å². The zero-order chi connectivity index (χ0) is 22.5. The lowest BCUT2D eigenvalue weighted by Crippen LogP contribution is -2.15. The van der Waals surface area contributed by atoms with E-state index in [1.54, 1.807) is 24.3 Å². The Kier molecular flexibility index (Phi) is 6.90. The minimum atomic E-state index is -4.63. The molecule has 0 aliphatic heterocycles. The SMILES string of the molecule is CCCCc1ccc(Nc2ccccc2NS(=O)(=O)c2cccc(C(F)(F)F)c2)cc1. The second-order valence-corrected chi connectivity index (χ2v) is 8.78. The molecule has 3 aromatic rings. The van der Waals surface area contributed by atoms with E-state index in [4.69, 9.17) is 0 Å². The molecule has 8 heteroatoms. The monoisotopic (exact) mass is 448 g/mol. The number of benzene rings is 3. The molecule has 0 aliphatic carbocycles. The summed E-state index contributed by atoms with van der Waals surface area (Å²) in [7, 11) is -4.22. The molecular formula is C23H23F3N2O2S. The van der Waals surface area contributed by atoms with E-state index in [-0.39, 0.29) is 5.69 Å². The molecule has 0 heterocycles. The third-order valence-corrected chi connectivity index (χ3v) is 6.06. The summed E-state index contributed by atoms with van der Waals surface area (Å²) >= 11 is 0. The van der Waals surface area contributed by atoms with Crippen LogP contribution in [0.4, 0.5) is 30.2 Å². The molecule has 0 aromatic heterocycles. The van der Waals surface area contributed by atoms with Gasteiger partial charge in [0.05, 0.1) is 21.8 Å². The summed E-state index contributed by atoms with van der Waals surface area (Å²) in [5, 5.41) is 3.16. The summed E-state index contributed by atoms with van der Waals surface area (Å²) < 4.78 is 66.7. The fourth-order valence-electron chi connectivity index (χ4n) is 3.02. The van der Waals surface area contributed by atoms with Gasteiger partial charge in [0.25, 0.3) is 10.0 Å². The standard InChI is InChI=1S/C23H23F3N2O2S/c1-2-3-7-17-12-14-19(15-13-17)27-21-10-4-5-11-22(21)28-31(29,30)20-9-6-8-18(16-20)23(24,25)26/h4-6,8-16,27-28H,2-3,7H2,1H3. The highest BCUT2D eigenvalue weighted by Crippen LogP contribution is 2.32. The van der Waals surface area contributed by atoms with Crippen LogP contribution in [0.5, 0.6) is 0 Å². The number of hydrogen-bond acceptors (Lipinski definition) is 3. The summed E-state index contributed by atoms with van der Waals surface area (Å²) in [6.45, 7) is 2.13. The molecule has 0 aliphatic rings. The van der Waals surface area contributed by atoms with Crippen molar-refractivity contribution in [1.82, 2.24) is 0 Å². The van der Waals surface area contributed by atoms with Crippen LogP contribution in [0, 0.1) is 0 Å². The van der Waals surface area contributed by atoms with Gasteiger partial charge >= 0.3 is 6.18 Å². The fraction of sp³-hybridized carbons (Fsp3) is 0.217. The molecule has 0 radical (unpaired) electrons. The van der Waals surface area contributed by atoms with Gasteiger partial charge in [0.1, 0.15) is 0 Å². The van der Waals surface area contributed by atoms with Crippen molar-refractivity contribution in [2.24, 2.45) is 0 Å². The Bertz CT molecular complexity index is 1130. The summed E-state index contributed by atoms with van der Waals surface area (Å²) in [6.07, 6.45) is -1.43. The van der Waals surface area contributed by atoms with E-state index in [1.807, 2.05) is 24.3 Å². The molecule has 164 valence electrons. The number of aryl methyl sites for hydroxylation is 1. The number of alkyl halides is 3. The Hall–Kier alpha value is -3.00. The third kappa shape index (κ3) is 6.01. The maximum Gasteiger partial charge on any atom is 0.416 e. The Morgan fingerprint density at radius 1 is 0.871 bits per heavy atom. The zero-order valence-corrected chi connectivity index (χ0v) is 17.7. The fourth-order valence-corrected chi connectivity index (χ4v) is 4.14. The molecule has 0 unspecified atom stereocenters. The smallest absolute Gasteiger partial charge is 0.354 e. The molecule has 3 aromatic carbocycles. The van der Waals surface area contributed by atoms with Crippen molar-refractivity contribution in [3.63, 3.8) is 0 Å². The highest BCUT2D eigenvalue weighted by molar-refractivity contribution is 7.92. The Balaban J connectivity index is 1.82. The lowest BCUT2D eigenvalue weighted by atomic mass is 10.1.